The molecule has 0 radical (unpaired) electrons. The maximum Gasteiger partial charge on any atom is 0.224 e. The summed E-state index contributed by atoms with van der Waals surface area (Å²) in [6.07, 6.45) is 1.71. The first-order chi connectivity index (χ1) is 12.3. The Bertz CT molecular complexity index is 740. The molecule has 26 heavy (non-hydrogen) atoms. The minimum Gasteiger partial charge on any atom is -0.495 e. The van der Waals surface area contributed by atoms with Gasteiger partial charge in [-0.25, -0.2) is 4.98 Å². The topological polar surface area (TPSA) is 43.8 Å². The van der Waals surface area contributed by atoms with Gasteiger partial charge in [0.1, 0.15) is 11.5 Å². The lowest BCUT2D eigenvalue weighted by Crippen LogP contribution is -2.37. The Kier molecular flexibility index (Phi) is 6.64. The van der Waals surface area contributed by atoms with Gasteiger partial charge in [-0.15, -0.1) is 24.2 Å². The largest absolute Gasteiger partial charge is 0.495 e. The minimum atomic E-state index is 0. The molecule has 2 aliphatic rings. The molecule has 0 N–H and O–H groups in total. The van der Waals surface area contributed by atoms with Gasteiger partial charge in [-0.3, -0.25) is 4.90 Å². The number of morpholine rings is 1. The van der Waals surface area contributed by atoms with Gasteiger partial charge in [-0.1, -0.05) is 18.2 Å². The summed E-state index contributed by atoms with van der Waals surface area (Å²) in [5.41, 5.74) is 2.29. The van der Waals surface area contributed by atoms with E-state index in [0.717, 1.165) is 55.7 Å². The maximum absolute atomic E-state index is 6.00. The average Bonchev–Trinajstić information content (AvgIpc) is 2.68. The predicted molar refractivity (Wildman–Crippen MR) is 106 cm³/mol. The minimum absolute atomic E-state index is 0. The van der Waals surface area contributed by atoms with Gasteiger partial charge in [0.2, 0.25) is 5.88 Å². The third-order valence-electron chi connectivity index (χ3n) is 4.58. The van der Waals surface area contributed by atoms with E-state index in [4.69, 9.17) is 14.2 Å². The van der Waals surface area contributed by atoms with Crippen LogP contribution in [0.5, 0.6) is 17.4 Å². The molecule has 7 heteroatoms. The summed E-state index contributed by atoms with van der Waals surface area (Å²) in [5, 5.41) is 0.212. The van der Waals surface area contributed by atoms with E-state index in [0.29, 0.717) is 5.88 Å². The fraction of sp³-hybridized carbons (Fsp3) is 0.421. The number of ether oxygens (including phenoxy) is 3. The summed E-state index contributed by atoms with van der Waals surface area (Å²) in [5.74, 6) is 3.40. The molecule has 1 aromatic heterocycles. The highest BCUT2D eigenvalue weighted by Crippen LogP contribution is 2.49. The molecule has 1 atom stereocenters. The molecule has 3 heterocycles. The van der Waals surface area contributed by atoms with Crippen molar-refractivity contribution in [3.8, 4) is 17.4 Å². The second-order valence-corrected chi connectivity index (χ2v) is 7.33. The molecule has 0 bridgehead atoms. The zero-order valence-corrected chi connectivity index (χ0v) is 16.4. The van der Waals surface area contributed by atoms with Crippen molar-refractivity contribution in [1.82, 2.24) is 9.88 Å². The quantitative estimate of drug-likeness (QED) is 0.769. The molecule has 0 amide bonds. The van der Waals surface area contributed by atoms with E-state index in [1.165, 1.54) is 5.56 Å². The number of halogens is 1. The third-order valence-corrected chi connectivity index (χ3v) is 5.84. The summed E-state index contributed by atoms with van der Waals surface area (Å²) in [7, 11) is 1.67. The molecule has 2 aromatic rings. The fourth-order valence-electron chi connectivity index (χ4n) is 3.20. The SMILES string of the molecule is COc1cnc2c(c1)C(SCCN1CCOCC1)c1ccccc1O2.Cl. The van der Waals surface area contributed by atoms with Crippen LogP contribution in [0.1, 0.15) is 16.4 Å². The van der Waals surface area contributed by atoms with E-state index in [1.807, 2.05) is 30.0 Å². The molecule has 0 aliphatic carbocycles. The van der Waals surface area contributed by atoms with Crippen molar-refractivity contribution in [3.63, 3.8) is 0 Å². The Morgan fingerprint density at radius 2 is 2.04 bits per heavy atom. The van der Waals surface area contributed by atoms with Gasteiger partial charge >= 0.3 is 0 Å². The number of pyridine rings is 1. The number of aromatic nitrogens is 1. The number of hydrogen-bond acceptors (Lipinski definition) is 6. The van der Waals surface area contributed by atoms with E-state index < -0.39 is 0 Å². The second-order valence-electron chi connectivity index (χ2n) is 6.11. The van der Waals surface area contributed by atoms with Gasteiger partial charge in [0, 0.05) is 36.5 Å². The van der Waals surface area contributed by atoms with E-state index in [9.17, 15) is 0 Å². The molecular weight excluding hydrogens is 372 g/mol. The van der Waals surface area contributed by atoms with Crippen LogP contribution in [-0.4, -0.2) is 55.6 Å². The van der Waals surface area contributed by atoms with Gasteiger partial charge in [0.15, 0.2) is 0 Å². The van der Waals surface area contributed by atoms with Crippen LogP contribution in [0.2, 0.25) is 0 Å². The highest BCUT2D eigenvalue weighted by molar-refractivity contribution is 7.99. The van der Waals surface area contributed by atoms with Crippen LogP contribution in [0, 0.1) is 0 Å². The van der Waals surface area contributed by atoms with Gasteiger partial charge < -0.3 is 14.2 Å². The smallest absolute Gasteiger partial charge is 0.224 e. The molecule has 2 aliphatic heterocycles. The normalized spacial score (nSPS) is 18.9. The Balaban J connectivity index is 0.00000196. The zero-order chi connectivity index (χ0) is 17.1. The molecular formula is C19H23ClN2O3S. The summed E-state index contributed by atoms with van der Waals surface area (Å²) < 4.78 is 16.8. The molecule has 140 valence electrons. The van der Waals surface area contributed by atoms with Gasteiger partial charge in [-0.2, -0.15) is 0 Å². The summed E-state index contributed by atoms with van der Waals surface area (Å²) in [6, 6.07) is 10.3. The fourth-order valence-corrected chi connectivity index (χ4v) is 4.52. The third kappa shape index (κ3) is 4.09. The molecule has 4 rings (SSSR count). The van der Waals surface area contributed by atoms with E-state index in [-0.39, 0.29) is 17.7 Å². The Hall–Kier alpha value is -1.47. The molecule has 1 saturated heterocycles. The standard InChI is InChI=1S/C19H22N2O3S.ClH/c1-22-14-12-16-18(25-11-8-21-6-9-23-10-7-21)15-4-2-3-5-17(15)24-19(16)20-13-14;/h2-5,12-13,18H,6-11H2,1H3;1H. The number of thioether (sulfide) groups is 1. The number of benzene rings is 1. The molecule has 1 fully saturated rings. The number of fused-ring (bicyclic) bond motifs is 2. The monoisotopic (exact) mass is 394 g/mol. The molecule has 5 nitrogen and oxygen atoms in total. The average molecular weight is 395 g/mol. The molecule has 0 saturated carbocycles. The van der Waals surface area contributed by atoms with Crippen molar-refractivity contribution in [3.05, 3.63) is 47.7 Å². The summed E-state index contributed by atoms with van der Waals surface area (Å²) >= 11 is 1.94. The van der Waals surface area contributed by atoms with Crippen molar-refractivity contribution in [2.45, 2.75) is 5.25 Å². The van der Waals surface area contributed by atoms with Gasteiger partial charge in [0.25, 0.3) is 0 Å². The first-order valence-corrected chi connectivity index (χ1v) is 9.62. The highest BCUT2D eigenvalue weighted by atomic mass is 35.5. The van der Waals surface area contributed by atoms with E-state index in [1.54, 1.807) is 13.3 Å². The first kappa shape index (κ1) is 19.3. The van der Waals surface area contributed by atoms with Crippen LogP contribution >= 0.6 is 24.2 Å². The maximum atomic E-state index is 6.00. The van der Waals surface area contributed by atoms with Crippen molar-refractivity contribution >= 4 is 24.2 Å². The summed E-state index contributed by atoms with van der Waals surface area (Å²) in [4.78, 5) is 6.91. The molecule has 0 spiro atoms. The summed E-state index contributed by atoms with van der Waals surface area (Å²) in [6.45, 7) is 4.80. The van der Waals surface area contributed by atoms with Gasteiger partial charge in [-0.05, 0) is 12.1 Å². The Morgan fingerprint density at radius 3 is 2.85 bits per heavy atom. The van der Waals surface area contributed by atoms with Gasteiger partial charge in [0.05, 0.1) is 31.8 Å². The van der Waals surface area contributed by atoms with Crippen molar-refractivity contribution < 1.29 is 14.2 Å². The molecule has 1 aromatic carbocycles. The molecule has 1 unspecified atom stereocenters. The Morgan fingerprint density at radius 1 is 1.23 bits per heavy atom. The number of methoxy groups -OCH3 is 1. The number of hydrogen-bond donors (Lipinski definition) is 0. The van der Waals surface area contributed by atoms with Crippen LogP contribution in [-0.2, 0) is 4.74 Å². The van der Waals surface area contributed by atoms with E-state index in [2.05, 4.69) is 22.0 Å². The lowest BCUT2D eigenvalue weighted by Gasteiger charge is -2.29. The van der Waals surface area contributed by atoms with Crippen LogP contribution in [0.25, 0.3) is 0 Å². The van der Waals surface area contributed by atoms with Crippen LogP contribution < -0.4 is 9.47 Å². The van der Waals surface area contributed by atoms with Crippen LogP contribution in [0.3, 0.4) is 0 Å². The number of nitrogens with zero attached hydrogens (tertiary/aromatic N) is 2. The van der Waals surface area contributed by atoms with Crippen LogP contribution in [0.4, 0.5) is 0 Å². The van der Waals surface area contributed by atoms with Crippen molar-refractivity contribution in [2.24, 2.45) is 0 Å². The second kappa shape index (κ2) is 8.95. The van der Waals surface area contributed by atoms with Crippen molar-refractivity contribution in [2.75, 3.05) is 45.7 Å². The zero-order valence-electron chi connectivity index (χ0n) is 14.7. The first-order valence-electron chi connectivity index (χ1n) is 8.57. The van der Waals surface area contributed by atoms with Crippen LogP contribution in [0.15, 0.2) is 36.5 Å². The Labute approximate surface area is 164 Å². The van der Waals surface area contributed by atoms with E-state index >= 15 is 0 Å². The lowest BCUT2D eigenvalue weighted by atomic mass is 10.0. The highest BCUT2D eigenvalue weighted by Gasteiger charge is 2.29. The van der Waals surface area contributed by atoms with Crippen molar-refractivity contribution in [1.29, 1.82) is 0 Å². The lowest BCUT2D eigenvalue weighted by molar-refractivity contribution is 0.0410. The number of rotatable bonds is 5. The number of para-hydroxylation sites is 1. The predicted octanol–water partition coefficient (Wildman–Crippen LogP) is 3.77.